The van der Waals surface area contributed by atoms with Crippen LogP contribution in [0.1, 0.15) is 5.56 Å². The van der Waals surface area contributed by atoms with Crippen LogP contribution in [0.25, 0.3) is 0 Å². The summed E-state index contributed by atoms with van der Waals surface area (Å²) in [4.78, 5) is 20.2. The van der Waals surface area contributed by atoms with E-state index in [1.165, 1.54) is 29.7 Å². The normalized spacial score (nSPS) is 10.6. The number of rotatable bonds is 6. The van der Waals surface area contributed by atoms with E-state index in [1.807, 2.05) is 0 Å². The largest absolute Gasteiger partial charge is 0.487 e. The van der Waals surface area contributed by atoms with E-state index in [9.17, 15) is 20.2 Å². The second-order valence-electron chi connectivity index (χ2n) is 3.99. The lowest BCUT2D eigenvalue weighted by Crippen LogP contribution is -1.98. The van der Waals surface area contributed by atoms with Gasteiger partial charge in [-0.2, -0.15) is 5.10 Å². The molecule has 0 unspecified atom stereocenters. The number of methoxy groups -OCH3 is 1. The molecule has 0 saturated carbocycles. The van der Waals surface area contributed by atoms with E-state index in [2.05, 4.69) is 10.5 Å². The number of nitro benzene ring substituents is 2. The molecule has 0 aliphatic carbocycles. The van der Waals surface area contributed by atoms with Crippen LogP contribution in [0, 0.1) is 20.2 Å². The van der Waals surface area contributed by atoms with Gasteiger partial charge in [0.05, 0.1) is 29.2 Å². The third-order valence-electron chi connectivity index (χ3n) is 2.58. The zero-order valence-electron chi connectivity index (χ0n) is 11.3. The molecule has 22 heavy (non-hydrogen) atoms. The Balaban J connectivity index is 2.18. The SMILES string of the molecule is COc1cc(C=NNc2ccc([N+](=O)[O-])cc2[N+](=O)[O-])cs1. The van der Waals surface area contributed by atoms with Gasteiger partial charge in [-0.3, -0.25) is 25.7 Å². The van der Waals surface area contributed by atoms with Gasteiger partial charge in [0, 0.05) is 23.1 Å². The molecule has 2 rings (SSSR count). The molecule has 1 heterocycles. The molecular weight excluding hydrogens is 312 g/mol. The molecule has 0 aliphatic rings. The molecule has 0 amide bonds. The highest BCUT2D eigenvalue weighted by molar-refractivity contribution is 7.12. The first-order valence-corrected chi connectivity index (χ1v) is 6.73. The van der Waals surface area contributed by atoms with Crippen LogP contribution in [0.4, 0.5) is 17.1 Å². The Labute approximate surface area is 128 Å². The zero-order chi connectivity index (χ0) is 16.1. The van der Waals surface area contributed by atoms with Crippen molar-refractivity contribution in [2.75, 3.05) is 12.5 Å². The molecule has 0 spiro atoms. The van der Waals surface area contributed by atoms with Gasteiger partial charge in [-0.25, -0.2) is 0 Å². The first kappa shape index (κ1) is 15.4. The highest BCUT2D eigenvalue weighted by atomic mass is 32.1. The number of nitro groups is 2. The standard InChI is InChI=1S/C12H10N4O5S/c1-21-12-4-8(7-22-12)6-13-14-10-3-2-9(15(17)18)5-11(10)16(19)20/h2-7,14H,1H3. The summed E-state index contributed by atoms with van der Waals surface area (Å²) in [6.45, 7) is 0. The maximum absolute atomic E-state index is 10.9. The molecule has 1 aromatic heterocycles. The Bertz CT molecular complexity index is 743. The summed E-state index contributed by atoms with van der Waals surface area (Å²) < 4.78 is 5.03. The molecule has 1 N–H and O–H groups in total. The number of nitrogens with zero attached hydrogens (tertiary/aromatic N) is 3. The third-order valence-corrected chi connectivity index (χ3v) is 3.49. The van der Waals surface area contributed by atoms with Crippen LogP contribution in [-0.2, 0) is 0 Å². The Morgan fingerprint density at radius 3 is 2.64 bits per heavy atom. The summed E-state index contributed by atoms with van der Waals surface area (Å²) in [7, 11) is 1.55. The lowest BCUT2D eigenvalue weighted by Gasteiger charge is -2.01. The van der Waals surface area contributed by atoms with Gasteiger partial charge in [0.2, 0.25) is 0 Å². The minimum atomic E-state index is -0.710. The number of hydrogen-bond acceptors (Lipinski definition) is 8. The second-order valence-corrected chi connectivity index (χ2v) is 4.86. The summed E-state index contributed by atoms with van der Waals surface area (Å²) >= 11 is 1.38. The minimum Gasteiger partial charge on any atom is -0.487 e. The Morgan fingerprint density at radius 2 is 2.05 bits per heavy atom. The van der Waals surface area contributed by atoms with E-state index in [4.69, 9.17) is 4.74 Å². The van der Waals surface area contributed by atoms with E-state index < -0.39 is 15.5 Å². The number of hydrazone groups is 1. The molecule has 0 bridgehead atoms. The monoisotopic (exact) mass is 322 g/mol. The average Bonchev–Trinajstić information content (AvgIpc) is 2.95. The van der Waals surface area contributed by atoms with Crippen LogP contribution in [0.2, 0.25) is 0 Å². The van der Waals surface area contributed by atoms with Crippen LogP contribution in [0.5, 0.6) is 5.06 Å². The third kappa shape index (κ3) is 3.55. The van der Waals surface area contributed by atoms with Crippen LogP contribution >= 0.6 is 11.3 Å². The summed E-state index contributed by atoms with van der Waals surface area (Å²) in [5.74, 6) is 0. The van der Waals surface area contributed by atoms with Gasteiger partial charge < -0.3 is 4.74 Å². The maximum atomic E-state index is 10.9. The van der Waals surface area contributed by atoms with Crippen molar-refractivity contribution < 1.29 is 14.6 Å². The van der Waals surface area contributed by atoms with E-state index in [0.29, 0.717) is 5.06 Å². The average molecular weight is 322 g/mol. The predicted octanol–water partition coefficient (Wildman–Crippen LogP) is 3.02. The number of non-ortho nitro benzene ring substituents is 1. The molecule has 0 saturated heterocycles. The summed E-state index contributed by atoms with van der Waals surface area (Å²) in [6.07, 6.45) is 1.46. The van der Waals surface area contributed by atoms with Crippen LogP contribution in [0.3, 0.4) is 0 Å². The van der Waals surface area contributed by atoms with Gasteiger partial charge in [0.1, 0.15) is 5.69 Å². The number of benzene rings is 1. The topological polar surface area (TPSA) is 120 Å². The van der Waals surface area contributed by atoms with Crippen molar-refractivity contribution in [2.24, 2.45) is 5.10 Å². The number of thiophene rings is 1. The van der Waals surface area contributed by atoms with Gasteiger partial charge in [0.15, 0.2) is 5.06 Å². The van der Waals surface area contributed by atoms with Gasteiger partial charge in [0.25, 0.3) is 5.69 Å². The highest BCUT2D eigenvalue weighted by Crippen LogP contribution is 2.29. The van der Waals surface area contributed by atoms with Crippen molar-refractivity contribution in [1.29, 1.82) is 0 Å². The first-order valence-electron chi connectivity index (χ1n) is 5.85. The maximum Gasteiger partial charge on any atom is 0.301 e. The fraction of sp³-hybridized carbons (Fsp3) is 0.0833. The molecule has 10 heteroatoms. The van der Waals surface area contributed by atoms with Gasteiger partial charge in [-0.05, 0) is 6.07 Å². The molecule has 1 aromatic carbocycles. The van der Waals surface area contributed by atoms with Crippen molar-refractivity contribution in [1.82, 2.24) is 0 Å². The molecule has 0 fully saturated rings. The molecule has 2 aromatic rings. The first-order chi connectivity index (χ1) is 10.5. The van der Waals surface area contributed by atoms with Crippen LogP contribution in [-0.4, -0.2) is 23.2 Å². The Morgan fingerprint density at radius 1 is 1.27 bits per heavy atom. The highest BCUT2D eigenvalue weighted by Gasteiger charge is 2.19. The molecule has 9 nitrogen and oxygen atoms in total. The van der Waals surface area contributed by atoms with Gasteiger partial charge >= 0.3 is 5.69 Å². The molecule has 0 radical (unpaired) electrons. The van der Waals surface area contributed by atoms with Crippen LogP contribution < -0.4 is 10.2 Å². The lowest BCUT2D eigenvalue weighted by atomic mass is 10.2. The van der Waals surface area contributed by atoms with Crippen molar-refractivity contribution in [3.05, 3.63) is 55.4 Å². The van der Waals surface area contributed by atoms with Crippen molar-refractivity contribution in [3.8, 4) is 5.06 Å². The summed E-state index contributed by atoms with van der Waals surface area (Å²) in [5, 5.41) is 28.0. The van der Waals surface area contributed by atoms with Crippen LogP contribution in [0.15, 0.2) is 34.7 Å². The predicted molar refractivity (Wildman–Crippen MR) is 81.8 cm³/mol. The van der Waals surface area contributed by atoms with E-state index in [0.717, 1.165) is 11.6 Å². The molecule has 0 atom stereocenters. The van der Waals surface area contributed by atoms with E-state index >= 15 is 0 Å². The van der Waals surface area contributed by atoms with Crippen molar-refractivity contribution >= 4 is 34.6 Å². The van der Waals surface area contributed by atoms with Gasteiger partial charge in [-0.15, -0.1) is 11.3 Å². The zero-order valence-corrected chi connectivity index (χ0v) is 12.1. The molecule has 114 valence electrons. The smallest absolute Gasteiger partial charge is 0.301 e. The number of hydrogen-bond donors (Lipinski definition) is 1. The van der Waals surface area contributed by atoms with E-state index in [-0.39, 0.29) is 11.4 Å². The number of ether oxygens (including phenoxy) is 1. The summed E-state index contributed by atoms with van der Waals surface area (Å²) in [5.41, 5.74) is 2.55. The minimum absolute atomic E-state index is 0.0639. The second kappa shape index (κ2) is 6.63. The Kier molecular flexibility index (Phi) is 4.63. The number of nitrogens with one attached hydrogen (secondary N) is 1. The lowest BCUT2D eigenvalue weighted by molar-refractivity contribution is -0.393. The van der Waals surface area contributed by atoms with Gasteiger partial charge in [-0.1, -0.05) is 0 Å². The fourth-order valence-electron chi connectivity index (χ4n) is 1.56. The van der Waals surface area contributed by atoms with E-state index in [1.54, 1.807) is 18.6 Å². The number of anilines is 1. The Hall–Kier alpha value is -3.01. The van der Waals surface area contributed by atoms with Crippen molar-refractivity contribution in [2.45, 2.75) is 0 Å². The molecule has 0 aliphatic heterocycles. The fourth-order valence-corrected chi connectivity index (χ4v) is 2.24. The quantitative estimate of drug-likeness (QED) is 0.496. The molecular formula is C12H10N4O5S. The summed E-state index contributed by atoms with van der Waals surface area (Å²) in [6, 6.07) is 5.03. The van der Waals surface area contributed by atoms with Crippen molar-refractivity contribution in [3.63, 3.8) is 0 Å².